The Hall–Kier alpha value is -3.71. The maximum Gasteiger partial charge on any atom is 0.405 e. The van der Waals surface area contributed by atoms with Crippen LogP contribution in [0.4, 0.5) is 4.79 Å². The third-order valence-corrected chi connectivity index (χ3v) is 5.48. The van der Waals surface area contributed by atoms with Crippen molar-refractivity contribution in [3.63, 3.8) is 0 Å². The van der Waals surface area contributed by atoms with Crippen molar-refractivity contribution in [2.24, 2.45) is 11.5 Å². The number of benzene rings is 3. The number of carbonyl (C=O) groups is 1. The summed E-state index contributed by atoms with van der Waals surface area (Å²) in [6.07, 6.45) is 2.21. The first-order valence-electron chi connectivity index (χ1n) is 13.9. The normalized spacial score (nSPS) is 10.3. The average molecular weight is 553 g/mol. The fourth-order valence-corrected chi connectivity index (χ4v) is 3.70. The third-order valence-electron chi connectivity index (χ3n) is 5.48. The van der Waals surface area contributed by atoms with Crippen molar-refractivity contribution in [3.8, 4) is 23.0 Å². The Kier molecular flexibility index (Phi) is 15.3. The molecule has 220 valence electrons. The van der Waals surface area contributed by atoms with Crippen LogP contribution in [0.1, 0.15) is 70.2 Å². The molecule has 0 saturated heterocycles. The quantitative estimate of drug-likeness (QED) is 0.266. The molecule has 3 aromatic carbocycles. The minimum atomic E-state index is -0.725. The van der Waals surface area contributed by atoms with Gasteiger partial charge in [-0.25, -0.2) is 4.79 Å². The summed E-state index contributed by atoms with van der Waals surface area (Å²) < 4.78 is 21.9. The highest BCUT2D eigenvalue weighted by atomic mass is 16.6. The van der Waals surface area contributed by atoms with Gasteiger partial charge in [-0.15, -0.1) is 0 Å². The molecule has 0 bridgehead atoms. The molecular formula is C33H48N2O5. The van der Waals surface area contributed by atoms with Gasteiger partial charge in [-0.3, -0.25) is 0 Å². The fourth-order valence-electron chi connectivity index (χ4n) is 3.70. The van der Waals surface area contributed by atoms with Gasteiger partial charge >= 0.3 is 6.09 Å². The second kappa shape index (κ2) is 17.8. The molecule has 0 radical (unpaired) electrons. The van der Waals surface area contributed by atoms with Crippen molar-refractivity contribution >= 4 is 6.09 Å². The zero-order valence-corrected chi connectivity index (χ0v) is 25.5. The van der Waals surface area contributed by atoms with E-state index in [9.17, 15) is 4.79 Å². The van der Waals surface area contributed by atoms with E-state index in [0.717, 1.165) is 53.4 Å². The van der Waals surface area contributed by atoms with Crippen molar-refractivity contribution in [1.29, 1.82) is 0 Å². The molecule has 0 spiro atoms. The molecule has 0 atom stereocenters. The van der Waals surface area contributed by atoms with Crippen LogP contribution in [0.5, 0.6) is 23.0 Å². The Morgan fingerprint density at radius 3 is 1.93 bits per heavy atom. The highest BCUT2D eigenvalue weighted by Gasteiger charge is 2.12. The molecule has 0 aliphatic carbocycles. The lowest BCUT2D eigenvalue weighted by Gasteiger charge is -2.16. The Labute approximate surface area is 240 Å². The Morgan fingerprint density at radius 1 is 0.875 bits per heavy atom. The monoisotopic (exact) mass is 552 g/mol. The van der Waals surface area contributed by atoms with Crippen LogP contribution < -0.4 is 25.7 Å². The topological polar surface area (TPSA) is 106 Å². The molecule has 0 aromatic heterocycles. The zero-order valence-electron chi connectivity index (χ0n) is 25.5. The molecule has 3 rings (SSSR count). The van der Waals surface area contributed by atoms with Crippen molar-refractivity contribution < 1.29 is 23.7 Å². The maximum atomic E-state index is 10.0. The van der Waals surface area contributed by atoms with Gasteiger partial charge in [0.05, 0.1) is 7.11 Å². The van der Waals surface area contributed by atoms with E-state index in [0.29, 0.717) is 13.2 Å². The van der Waals surface area contributed by atoms with Gasteiger partial charge in [-0.2, -0.15) is 0 Å². The standard InChI is InChI=1S/C26H31NO3.C5H11NO2.C2H6/c1-4-22-17-21(6-5-15-27)16-19(2)26(22)30-25-13-11-24(12-14-25)29-18-20-7-9-23(28-3)10-8-20;1-5(2,3)8-4(6)7;1-2/h7-14,16-17H,4-6,15,18,27H2,1-3H3;1-3H3,(H2,6,7);1-2H3. The van der Waals surface area contributed by atoms with E-state index >= 15 is 0 Å². The lowest BCUT2D eigenvalue weighted by Crippen LogP contribution is -2.27. The summed E-state index contributed by atoms with van der Waals surface area (Å²) in [6, 6.07) is 20.1. The molecule has 7 nitrogen and oxygen atoms in total. The van der Waals surface area contributed by atoms with Gasteiger partial charge in [0, 0.05) is 0 Å². The number of hydrogen-bond donors (Lipinski definition) is 2. The first-order chi connectivity index (χ1) is 19.0. The van der Waals surface area contributed by atoms with Crippen LogP contribution >= 0.6 is 0 Å². The lowest BCUT2D eigenvalue weighted by atomic mass is 10.00. The molecule has 0 unspecified atom stereocenters. The van der Waals surface area contributed by atoms with Crippen molar-refractivity contribution in [3.05, 3.63) is 82.9 Å². The summed E-state index contributed by atoms with van der Waals surface area (Å²) in [5.41, 5.74) is 14.7. The number of nitrogens with two attached hydrogens (primary N) is 2. The number of amides is 1. The van der Waals surface area contributed by atoms with Crippen LogP contribution in [0.15, 0.2) is 60.7 Å². The summed E-state index contributed by atoms with van der Waals surface area (Å²) in [5.74, 6) is 3.40. The molecule has 3 aromatic rings. The largest absolute Gasteiger partial charge is 0.497 e. The highest BCUT2D eigenvalue weighted by molar-refractivity contribution is 5.65. The predicted molar refractivity (Wildman–Crippen MR) is 164 cm³/mol. The molecule has 40 heavy (non-hydrogen) atoms. The molecule has 1 amide bonds. The van der Waals surface area contributed by atoms with Crippen LogP contribution in [-0.2, 0) is 24.2 Å². The van der Waals surface area contributed by atoms with Gasteiger partial charge < -0.3 is 30.4 Å². The predicted octanol–water partition coefficient (Wildman–Crippen LogP) is 7.74. The average Bonchev–Trinajstić information content (AvgIpc) is 2.93. The van der Waals surface area contributed by atoms with Gasteiger partial charge in [0.2, 0.25) is 0 Å². The Morgan fingerprint density at radius 2 is 1.45 bits per heavy atom. The first kappa shape index (κ1) is 34.3. The van der Waals surface area contributed by atoms with Gasteiger partial charge in [-0.1, -0.05) is 45.0 Å². The summed E-state index contributed by atoms with van der Waals surface area (Å²) >= 11 is 0. The van der Waals surface area contributed by atoms with Gasteiger partial charge in [0.15, 0.2) is 0 Å². The van der Waals surface area contributed by atoms with Crippen LogP contribution in [0.3, 0.4) is 0 Å². The van der Waals surface area contributed by atoms with Crippen molar-refractivity contribution in [1.82, 2.24) is 0 Å². The Balaban J connectivity index is 0.000000689. The molecule has 0 aliphatic heterocycles. The number of carbonyl (C=O) groups excluding carboxylic acids is 1. The molecule has 0 aliphatic rings. The summed E-state index contributed by atoms with van der Waals surface area (Å²) in [7, 11) is 1.66. The second-order valence-electron chi connectivity index (χ2n) is 9.89. The van der Waals surface area contributed by atoms with E-state index in [1.807, 2.05) is 62.4 Å². The molecule has 7 heteroatoms. The number of ether oxygens (including phenoxy) is 4. The third kappa shape index (κ3) is 12.9. The van der Waals surface area contributed by atoms with Gasteiger partial charge in [0.1, 0.15) is 35.2 Å². The summed E-state index contributed by atoms with van der Waals surface area (Å²) in [6.45, 7) is 14.8. The first-order valence-corrected chi connectivity index (χ1v) is 13.9. The van der Waals surface area contributed by atoms with Crippen molar-refractivity contribution in [2.75, 3.05) is 13.7 Å². The van der Waals surface area contributed by atoms with Gasteiger partial charge in [0.25, 0.3) is 0 Å². The van der Waals surface area contributed by atoms with E-state index < -0.39 is 11.7 Å². The summed E-state index contributed by atoms with van der Waals surface area (Å²) in [4.78, 5) is 10.0. The van der Waals surface area contributed by atoms with E-state index in [4.69, 9.17) is 25.7 Å². The van der Waals surface area contributed by atoms with E-state index in [1.54, 1.807) is 27.9 Å². The van der Waals surface area contributed by atoms with Crippen LogP contribution in [0, 0.1) is 6.92 Å². The van der Waals surface area contributed by atoms with Crippen LogP contribution in [-0.4, -0.2) is 25.3 Å². The molecule has 0 saturated carbocycles. The number of rotatable bonds is 10. The van der Waals surface area contributed by atoms with E-state index in [-0.39, 0.29) is 0 Å². The Bertz CT molecular complexity index is 1140. The highest BCUT2D eigenvalue weighted by Crippen LogP contribution is 2.32. The number of aryl methyl sites for hydroxylation is 3. The number of methoxy groups -OCH3 is 1. The molecule has 0 fully saturated rings. The van der Waals surface area contributed by atoms with Crippen LogP contribution in [0.2, 0.25) is 0 Å². The van der Waals surface area contributed by atoms with Gasteiger partial charge in [-0.05, 0) is 112 Å². The number of hydrogen-bond acceptors (Lipinski definition) is 6. The lowest BCUT2D eigenvalue weighted by molar-refractivity contribution is 0.0600. The second-order valence-corrected chi connectivity index (χ2v) is 9.89. The number of primary amides is 1. The van der Waals surface area contributed by atoms with Crippen LogP contribution in [0.25, 0.3) is 0 Å². The SMILES string of the molecule is CC.CC(C)(C)OC(N)=O.CCc1cc(CCCN)cc(C)c1Oc1ccc(OCc2ccc(OC)cc2)cc1. The smallest absolute Gasteiger partial charge is 0.405 e. The molecular weight excluding hydrogens is 504 g/mol. The fraction of sp³-hybridized carbons (Fsp3) is 0.424. The minimum absolute atomic E-state index is 0.453. The van der Waals surface area contributed by atoms with E-state index in [1.165, 1.54) is 11.1 Å². The molecule has 0 heterocycles. The van der Waals surface area contributed by atoms with E-state index in [2.05, 4.69) is 30.7 Å². The summed E-state index contributed by atoms with van der Waals surface area (Å²) in [5, 5.41) is 0. The maximum absolute atomic E-state index is 10.0. The zero-order chi connectivity index (χ0) is 30.1. The van der Waals surface area contributed by atoms with Crippen molar-refractivity contribution in [2.45, 2.75) is 79.9 Å². The molecule has 4 N–H and O–H groups in total. The minimum Gasteiger partial charge on any atom is -0.497 e.